The molecular formula is C14H16N2O5. The molecule has 1 heterocycles. The third-order valence-electron chi connectivity index (χ3n) is 4.18. The molecule has 21 heavy (non-hydrogen) atoms. The molecule has 7 nitrogen and oxygen atoms in total. The number of nitrogens with zero attached hydrogens (tertiary/aromatic N) is 2. The van der Waals surface area contributed by atoms with E-state index in [9.17, 15) is 20.0 Å². The number of nitro groups is 1. The van der Waals surface area contributed by atoms with Gasteiger partial charge in [0.25, 0.3) is 5.91 Å². The van der Waals surface area contributed by atoms with Crippen LogP contribution in [0, 0.1) is 16.0 Å². The normalized spacial score (nSPS) is 19.8. The number of β-amino-alcohol motifs (C(OH)–C–C–N with tert-alkyl or cyclic N) is 1. The second kappa shape index (κ2) is 4.70. The molecule has 1 N–H and O–H groups in total. The Balaban J connectivity index is 1.76. The highest BCUT2D eigenvalue weighted by atomic mass is 16.6. The van der Waals surface area contributed by atoms with Gasteiger partial charge in [0.15, 0.2) is 5.75 Å². The van der Waals surface area contributed by atoms with E-state index in [1.807, 2.05) is 0 Å². The molecule has 0 atom stereocenters. The first-order valence-electron chi connectivity index (χ1n) is 6.79. The lowest BCUT2D eigenvalue weighted by molar-refractivity contribution is -0.385. The van der Waals surface area contributed by atoms with Gasteiger partial charge in [-0.2, -0.15) is 0 Å². The zero-order valence-corrected chi connectivity index (χ0v) is 11.6. The molecule has 1 saturated carbocycles. The summed E-state index contributed by atoms with van der Waals surface area (Å²) in [5.74, 6) is 0.118. The summed E-state index contributed by atoms with van der Waals surface area (Å²) in [5.41, 5.74) is -0.754. The van der Waals surface area contributed by atoms with Crippen molar-refractivity contribution in [3.8, 4) is 5.75 Å². The number of ether oxygens (including phenoxy) is 1. The summed E-state index contributed by atoms with van der Waals surface area (Å²) in [7, 11) is 1.34. The summed E-state index contributed by atoms with van der Waals surface area (Å²) in [6.07, 6.45) is 2.01. The van der Waals surface area contributed by atoms with Crippen LogP contribution >= 0.6 is 0 Å². The first-order chi connectivity index (χ1) is 9.94. The van der Waals surface area contributed by atoms with E-state index >= 15 is 0 Å². The number of carbonyl (C=O) groups excluding carboxylic acids is 1. The number of aliphatic hydroxyl groups is 1. The number of rotatable bonds is 4. The molecule has 1 aromatic carbocycles. The number of hydrogen-bond acceptors (Lipinski definition) is 5. The number of likely N-dealkylation sites (tertiary alicyclic amines) is 1. The first-order valence-corrected chi connectivity index (χ1v) is 6.79. The molecule has 1 aliphatic carbocycles. The van der Waals surface area contributed by atoms with E-state index in [1.165, 1.54) is 30.2 Å². The van der Waals surface area contributed by atoms with Gasteiger partial charge in [-0.25, -0.2) is 0 Å². The average Bonchev–Trinajstić information content (AvgIpc) is 3.27. The molecular weight excluding hydrogens is 276 g/mol. The minimum atomic E-state index is -0.756. The lowest BCUT2D eigenvalue weighted by atomic mass is 9.88. The highest BCUT2D eigenvalue weighted by Crippen LogP contribution is 2.44. The summed E-state index contributed by atoms with van der Waals surface area (Å²) >= 11 is 0. The maximum Gasteiger partial charge on any atom is 0.311 e. The smallest absolute Gasteiger partial charge is 0.311 e. The average molecular weight is 292 g/mol. The number of hydrogen-bond donors (Lipinski definition) is 1. The first kappa shape index (κ1) is 13.8. The molecule has 2 fully saturated rings. The minimum absolute atomic E-state index is 0.120. The van der Waals surface area contributed by atoms with E-state index < -0.39 is 10.5 Å². The van der Waals surface area contributed by atoms with E-state index in [0.29, 0.717) is 19.0 Å². The van der Waals surface area contributed by atoms with Gasteiger partial charge >= 0.3 is 5.69 Å². The molecule has 0 spiro atoms. The molecule has 0 bridgehead atoms. The highest BCUT2D eigenvalue weighted by molar-refractivity contribution is 5.96. The van der Waals surface area contributed by atoms with Crippen LogP contribution in [0.15, 0.2) is 18.2 Å². The van der Waals surface area contributed by atoms with Crippen molar-refractivity contribution in [3.63, 3.8) is 0 Å². The van der Waals surface area contributed by atoms with E-state index in [0.717, 1.165) is 12.8 Å². The third kappa shape index (κ3) is 2.33. The summed E-state index contributed by atoms with van der Waals surface area (Å²) in [4.78, 5) is 24.2. The molecule has 0 unspecified atom stereocenters. The Bertz CT molecular complexity index is 605. The van der Waals surface area contributed by atoms with Crippen molar-refractivity contribution in [1.82, 2.24) is 4.90 Å². The van der Waals surface area contributed by atoms with Crippen molar-refractivity contribution in [1.29, 1.82) is 0 Å². The molecule has 1 aromatic rings. The van der Waals surface area contributed by atoms with Crippen LogP contribution in [0.5, 0.6) is 5.75 Å². The SMILES string of the molecule is COc1ccc(C(=O)N2CC(O)(C3CC3)C2)cc1[N+](=O)[O-]. The largest absolute Gasteiger partial charge is 0.490 e. The Hall–Kier alpha value is -2.15. The molecule has 1 saturated heterocycles. The van der Waals surface area contributed by atoms with Gasteiger partial charge in [0, 0.05) is 11.6 Å². The van der Waals surface area contributed by atoms with Gasteiger partial charge in [0.1, 0.15) is 5.60 Å². The number of methoxy groups -OCH3 is 1. The standard InChI is InChI=1S/C14H16N2O5/c1-21-12-5-2-9(6-11(12)16(19)20)13(17)15-7-14(18,8-15)10-3-4-10/h2,5-6,10,18H,3-4,7-8H2,1H3. The fourth-order valence-electron chi connectivity index (χ4n) is 2.79. The van der Waals surface area contributed by atoms with Crippen molar-refractivity contribution < 1.29 is 19.6 Å². The summed E-state index contributed by atoms with van der Waals surface area (Å²) in [6.45, 7) is 0.604. The van der Waals surface area contributed by atoms with Crippen LogP contribution in [0.25, 0.3) is 0 Å². The minimum Gasteiger partial charge on any atom is -0.490 e. The lowest BCUT2D eigenvalue weighted by Crippen LogP contribution is -2.64. The van der Waals surface area contributed by atoms with Crippen LogP contribution in [0.3, 0.4) is 0 Å². The molecule has 112 valence electrons. The van der Waals surface area contributed by atoms with Crippen LogP contribution in [0.2, 0.25) is 0 Å². The van der Waals surface area contributed by atoms with Gasteiger partial charge < -0.3 is 14.7 Å². The van der Waals surface area contributed by atoms with Crippen molar-refractivity contribution in [2.45, 2.75) is 18.4 Å². The molecule has 1 aliphatic heterocycles. The molecule has 1 amide bonds. The maximum atomic E-state index is 12.3. The van der Waals surface area contributed by atoms with Crippen LogP contribution < -0.4 is 4.74 Å². The molecule has 0 aromatic heterocycles. The van der Waals surface area contributed by atoms with Crippen LogP contribution in [0.4, 0.5) is 5.69 Å². The van der Waals surface area contributed by atoms with Crippen molar-refractivity contribution in [2.24, 2.45) is 5.92 Å². The zero-order valence-electron chi connectivity index (χ0n) is 11.6. The van der Waals surface area contributed by atoms with E-state index in [4.69, 9.17) is 4.74 Å². The van der Waals surface area contributed by atoms with E-state index in [1.54, 1.807) is 0 Å². The van der Waals surface area contributed by atoms with E-state index in [-0.39, 0.29) is 22.9 Å². The number of nitro benzene ring substituents is 1. The van der Waals surface area contributed by atoms with Gasteiger partial charge in [-0.05, 0) is 30.9 Å². The molecule has 7 heteroatoms. The van der Waals surface area contributed by atoms with Crippen LogP contribution in [0.1, 0.15) is 23.2 Å². The fraction of sp³-hybridized carbons (Fsp3) is 0.500. The Kier molecular flexibility index (Phi) is 3.09. The number of amides is 1. The van der Waals surface area contributed by atoms with Crippen LogP contribution in [-0.2, 0) is 0 Å². The summed E-state index contributed by atoms with van der Waals surface area (Å²) < 4.78 is 4.91. The Morgan fingerprint density at radius 1 is 1.48 bits per heavy atom. The van der Waals surface area contributed by atoms with Gasteiger partial charge in [0.2, 0.25) is 0 Å². The predicted octanol–water partition coefficient (Wildman–Crippen LogP) is 1.20. The van der Waals surface area contributed by atoms with Crippen molar-refractivity contribution >= 4 is 11.6 Å². The number of carbonyl (C=O) groups is 1. The van der Waals surface area contributed by atoms with Gasteiger partial charge in [-0.15, -0.1) is 0 Å². The predicted molar refractivity (Wildman–Crippen MR) is 73.2 cm³/mol. The fourth-order valence-corrected chi connectivity index (χ4v) is 2.79. The molecule has 3 rings (SSSR count). The third-order valence-corrected chi connectivity index (χ3v) is 4.18. The van der Waals surface area contributed by atoms with Gasteiger partial charge in [0.05, 0.1) is 25.1 Å². The quantitative estimate of drug-likeness (QED) is 0.665. The Morgan fingerprint density at radius 3 is 2.67 bits per heavy atom. The van der Waals surface area contributed by atoms with Crippen molar-refractivity contribution in [3.05, 3.63) is 33.9 Å². The van der Waals surface area contributed by atoms with Gasteiger partial charge in [-0.3, -0.25) is 14.9 Å². The van der Waals surface area contributed by atoms with E-state index in [2.05, 4.69) is 0 Å². The zero-order chi connectivity index (χ0) is 15.2. The highest BCUT2D eigenvalue weighted by Gasteiger charge is 2.53. The summed E-state index contributed by atoms with van der Waals surface area (Å²) in [6, 6.07) is 4.14. The molecule has 0 radical (unpaired) electrons. The maximum absolute atomic E-state index is 12.3. The second-order valence-corrected chi connectivity index (χ2v) is 5.68. The second-order valence-electron chi connectivity index (χ2n) is 5.68. The van der Waals surface area contributed by atoms with Crippen molar-refractivity contribution in [2.75, 3.05) is 20.2 Å². The molecule has 2 aliphatic rings. The van der Waals surface area contributed by atoms with Crippen LogP contribution in [-0.4, -0.2) is 46.6 Å². The topological polar surface area (TPSA) is 92.9 Å². The number of benzene rings is 1. The summed E-state index contributed by atoms with van der Waals surface area (Å²) in [5, 5.41) is 21.2. The lowest BCUT2D eigenvalue weighted by Gasteiger charge is -2.47. The Morgan fingerprint density at radius 2 is 2.14 bits per heavy atom. The van der Waals surface area contributed by atoms with Gasteiger partial charge in [-0.1, -0.05) is 0 Å². The Labute approximate surface area is 121 Å². The monoisotopic (exact) mass is 292 g/mol.